The highest BCUT2D eigenvalue weighted by Gasteiger charge is 2.00. The lowest BCUT2D eigenvalue weighted by Gasteiger charge is -1.96. The minimum atomic E-state index is 1.11. The number of benzene rings is 1. The summed E-state index contributed by atoms with van der Waals surface area (Å²) in [6, 6.07) is 4.15. The minimum absolute atomic E-state index is 1.11. The molecule has 2 aromatic rings. The van der Waals surface area contributed by atoms with Gasteiger partial charge in [0.15, 0.2) is 0 Å². The number of hydrogen-bond donors (Lipinski definition) is 1. The van der Waals surface area contributed by atoms with E-state index in [1.54, 1.807) is 0 Å². The van der Waals surface area contributed by atoms with Crippen LogP contribution in [0.3, 0.4) is 0 Å². The van der Waals surface area contributed by atoms with E-state index in [-0.39, 0.29) is 0 Å². The molecule has 2 nitrogen and oxygen atoms in total. The van der Waals surface area contributed by atoms with Crippen molar-refractivity contribution in [3.05, 3.63) is 27.5 Å². The highest BCUT2D eigenvalue weighted by molar-refractivity contribution is 14.1. The van der Waals surface area contributed by atoms with Crippen molar-refractivity contribution in [3.63, 3.8) is 0 Å². The van der Waals surface area contributed by atoms with Gasteiger partial charge in [0.05, 0.1) is 11.7 Å². The van der Waals surface area contributed by atoms with E-state index in [4.69, 9.17) is 0 Å². The molecular weight excluding hydrogens is 251 g/mol. The smallest absolute Gasteiger partial charge is 0.0653 e. The van der Waals surface area contributed by atoms with Crippen molar-refractivity contribution in [2.75, 3.05) is 0 Å². The summed E-state index contributed by atoms with van der Waals surface area (Å²) in [6.45, 7) is 2.11. The van der Waals surface area contributed by atoms with Gasteiger partial charge in [-0.2, -0.15) is 5.10 Å². The molecule has 0 bridgehead atoms. The first kappa shape index (κ1) is 7.09. The van der Waals surface area contributed by atoms with Gasteiger partial charge in [-0.3, -0.25) is 5.10 Å². The maximum Gasteiger partial charge on any atom is 0.0653 e. The summed E-state index contributed by atoms with van der Waals surface area (Å²) in [7, 11) is 0. The zero-order chi connectivity index (χ0) is 7.84. The molecule has 1 aromatic heterocycles. The summed E-state index contributed by atoms with van der Waals surface area (Å²) in [5, 5.41) is 8.13. The molecule has 3 heteroatoms. The van der Waals surface area contributed by atoms with Crippen molar-refractivity contribution >= 4 is 33.5 Å². The van der Waals surface area contributed by atoms with Crippen LogP contribution in [-0.2, 0) is 0 Å². The van der Waals surface area contributed by atoms with Gasteiger partial charge in [-0.1, -0.05) is 0 Å². The summed E-state index contributed by atoms with van der Waals surface area (Å²) in [5.41, 5.74) is 2.42. The number of aromatic amines is 1. The monoisotopic (exact) mass is 258 g/mol. The highest BCUT2D eigenvalue weighted by Crippen LogP contribution is 2.20. The molecule has 0 aliphatic carbocycles. The Bertz CT molecular complexity index is 392. The predicted octanol–water partition coefficient (Wildman–Crippen LogP) is 2.48. The first-order chi connectivity index (χ1) is 5.29. The van der Waals surface area contributed by atoms with Gasteiger partial charge < -0.3 is 0 Å². The van der Waals surface area contributed by atoms with Crippen LogP contribution in [0.1, 0.15) is 5.56 Å². The molecule has 56 valence electrons. The van der Waals surface area contributed by atoms with E-state index >= 15 is 0 Å². The van der Waals surface area contributed by atoms with Crippen LogP contribution in [-0.4, -0.2) is 10.2 Å². The molecule has 0 saturated heterocycles. The van der Waals surface area contributed by atoms with Crippen molar-refractivity contribution < 1.29 is 0 Å². The van der Waals surface area contributed by atoms with Crippen LogP contribution in [0.4, 0.5) is 0 Å². The van der Waals surface area contributed by atoms with Crippen LogP contribution < -0.4 is 0 Å². The van der Waals surface area contributed by atoms with Crippen LogP contribution in [0.2, 0.25) is 0 Å². The van der Waals surface area contributed by atoms with E-state index in [1.807, 2.05) is 6.20 Å². The van der Waals surface area contributed by atoms with Crippen molar-refractivity contribution in [2.24, 2.45) is 0 Å². The van der Waals surface area contributed by atoms with Crippen LogP contribution >= 0.6 is 22.6 Å². The normalized spacial score (nSPS) is 10.7. The predicted molar refractivity (Wildman–Crippen MR) is 53.5 cm³/mol. The van der Waals surface area contributed by atoms with Crippen molar-refractivity contribution in [1.82, 2.24) is 10.2 Å². The molecule has 0 atom stereocenters. The van der Waals surface area contributed by atoms with E-state index in [2.05, 4.69) is 51.8 Å². The average Bonchev–Trinajstić information content (AvgIpc) is 2.45. The van der Waals surface area contributed by atoms with Gasteiger partial charge in [-0.15, -0.1) is 0 Å². The van der Waals surface area contributed by atoms with Crippen LogP contribution in [0.25, 0.3) is 10.9 Å². The molecule has 0 fully saturated rings. The zero-order valence-corrected chi connectivity index (χ0v) is 8.21. The number of nitrogens with zero attached hydrogens (tertiary/aromatic N) is 1. The Kier molecular flexibility index (Phi) is 1.60. The van der Waals surface area contributed by atoms with Gasteiger partial charge in [-0.25, -0.2) is 0 Å². The molecule has 0 unspecified atom stereocenters. The van der Waals surface area contributed by atoms with Gasteiger partial charge in [0.2, 0.25) is 0 Å². The molecule has 0 saturated carbocycles. The fourth-order valence-corrected chi connectivity index (χ4v) is 1.60. The lowest BCUT2D eigenvalue weighted by molar-refractivity contribution is 1.12. The Morgan fingerprint density at radius 3 is 3.09 bits per heavy atom. The number of hydrogen-bond acceptors (Lipinski definition) is 1. The van der Waals surface area contributed by atoms with Gasteiger partial charge in [-0.05, 0) is 47.2 Å². The van der Waals surface area contributed by atoms with Crippen molar-refractivity contribution in [3.8, 4) is 0 Å². The Balaban J connectivity index is 2.93. The van der Waals surface area contributed by atoms with E-state index in [0.29, 0.717) is 0 Å². The van der Waals surface area contributed by atoms with Gasteiger partial charge in [0.25, 0.3) is 0 Å². The van der Waals surface area contributed by atoms with Crippen LogP contribution in [0, 0.1) is 10.5 Å². The molecule has 0 spiro atoms. The maximum absolute atomic E-state index is 3.97. The molecule has 0 amide bonds. The fraction of sp³-hybridized carbons (Fsp3) is 0.125. The largest absolute Gasteiger partial charge is 0.278 e. The average molecular weight is 258 g/mol. The molecule has 0 aliphatic rings. The van der Waals surface area contributed by atoms with Gasteiger partial charge >= 0.3 is 0 Å². The third-order valence-corrected chi connectivity index (χ3v) is 3.00. The number of H-pyrrole nitrogens is 1. The van der Waals surface area contributed by atoms with E-state index in [9.17, 15) is 0 Å². The standard InChI is InChI=1S/C8H7IN2/c1-5-6-4-10-11-8(6)3-2-7(5)9/h2-4H,1H3,(H,10,11). The third-order valence-electron chi connectivity index (χ3n) is 1.83. The molecule has 0 aliphatic heterocycles. The summed E-state index contributed by atoms with van der Waals surface area (Å²) >= 11 is 2.33. The number of nitrogens with one attached hydrogen (secondary N) is 1. The highest BCUT2D eigenvalue weighted by atomic mass is 127. The second-order valence-corrected chi connectivity index (χ2v) is 3.67. The van der Waals surface area contributed by atoms with Crippen molar-refractivity contribution in [2.45, 2.75) is 6.92 Å². The van der Waals surface area contributed by atoms with E-state index in [0.717, 1.165) is 5.52 Å². The second kappa shape index (κ2) is 2.48. The molecule has 1 heterocycles. The first-order valence-corrected chi connectivity index (χ1v) is 4.45. The Morgan fingerprint density at radius 2 is 2.27 bits per heavy atom. The molecular formula is C8H7IN2. The molecule has 11 heavy (non-hydrogen) atoms. The second-order valence-electron chi connectivity index (χ2n) is 2.50. The molecule has 1 aromatic carbocycles. The summed E-state index contributed by atoms with van der Waals surface area (Å²) in [4.78, 5) is 0. The summed E-state index contributed by atoms with van der Waals surface area (Å²) in [5.74, 6) is 0. The summed E-state index contributed by atoms with van der Waals surface area (Å²) < 4.78 is 1.29. The first-order valence-electron chi connectivity index (χ1n) is 3.37. The van der Waals surface area contributed by atoms with Crippen LogP contribution in [0.15, 0.2) is 18.3 Å². The Hall–Kier alpha value is -0.580. The van der Waals surface area contributed by atoms with E-state index in [1.165, 1.54) is 14.5 Å². The van der Waals surface area contributed by atoms with Gasteiger partial charge in [0.1, 0.15) is 0 Å². The molecule has 0 radical (unpaired) electrons. The zero-order valence-electron chi connectivity index (χ0n) is 6.06. The van der Waals surface area contributed by atoms with Crippen molar-refractivity contribution in [1.29, 1.82) is 0 Å². The van der Waals surface area contributed by atoms with Crippen LogP contribution in [0.5, 0.6) is 0 Å². The van der Waals surface area contributed by atoms with Gasteiger partial charge in [0, 0.05) is 8.96 Å². The maximum atomic E-state index is 3.97. The fourth-order valence-electron chi connectivity index (χ4n) is 1.13. The lowest BCUT2D eigenvalue weighted by Crippen LogP contribution is -1.79. The summed E-state index contributed by atoms with van der Waals surface area (Å²) in [6.07, 6.45) is 1.87. The quantitative estimate of drug-likeness (QED) is 0.722. The SMILES string of the molecule is Cc1c(I)ccc2[nH]ncc12. The van der Waals surface area contributed by atoms with E-state index < -0.39 is 0 Å². The Labute approximate surface area is 78.1 Å². The number of halogens is 1. The lowest BCUT2D eigenvalue weighted by atomic mass is 10.1. The topological polar surface area (TPSA) is 28.7 Å². The number of aryl methyl sites for hydroxylation is 1. The Morgan fingerprint density at radius 1 is 1.45 bits per heavy atom. The molecule has 1 N–H and O–H groups in total. The number of rotatable bonds is 0. The minimum Gasteiger partial charge on any atom is -0.278 e. The third kappa shape index (κ3) is 1.03. The number of aromatic nitrogens is 2. The molecule has 2 rings (SSSR count). The number of fused-ring (bicyclic) bond motifs is 1.